The molecule has 108 valence electrons. The second kappa shape index (κ2) is 5.44. The third kappa shape index (κ3) is 2.65. The molecule has 3 atom stereocenters. The molecule has 2 amide bonds. The number of thiophene rings is 1. The average Bonchev–Trinajstić information content (AvgIpc) is 3.11. The molecule has 0 aliphatic heterocycles. The first-order valence-corrected chi connectivity index (χ1v) is 7.87. The summed E-state index contributed by atoms with van der Waals surface area (Å²) in [7, 11) is 0. The number of urea groups is 1. The highest BCUT2D eigenvalue weighted by atomic mass is 32.1. The maximum atomic E-state index is 11.8. The number of carboxylic acids is 1. The second-order valence-corrected chi connectivity index (χ2v) is 6.65. The van der Waals surface area contributed by atoms with Gasteiger partial charge in [-0.3, -0.25) is 5.32 Å². The summed E-state index contributed by atoms with van der Waals surface area (Å²) in [5.41, 5.74) is 0.144. The molecule has 1 aromatic heterocycles. The lowest BCUT2D eigenvalue weighted by Crippen LogP contribution is -2.34. The third-order valence-corrected chi connectivity index (χ3v) is 5.36. The van der Waals surface area contributed by atoms with Crippen molar-refractivity contribution >= 4 is 28.3 Å². The molecule has 3 unspecified atom stereocenters. The minimum absolute atomic E-state index is 0.144. The molecule has 1 aromatic rings. The molecular weight excluding hydrogens is 276 g/mol. The van der Waals surface area contributed by atoms with Gasteiger partial charge in [-0.05, 0) is 48.5 Å². The lowest BCUT2D eigenvalue weighted by molar-refractivity contribution is 0.0698. The maximum Gasteiger partial charge on any atom is 0.338 e. The molecule has 2 fully saturated rings. The Morgan fingerprint density at radius 1 is 1.35 bits per heavy atom. The minimum Gasteiger partial charge on any atom is -0.478 e. The van der Waals surface area contributed by atoms with Crippen LogP contribution >= 0.6 is 11.3 Å². The van der Waals surface area contributed by atoms with Crippen LogP contribution in [0.5, 0.6) is 0 Å². The number of aromatic carboxylic acids is 1. The largest absolute Gasteiger partial charge is 0.478 e. The van der Waals surface area contributed by atoms with E-state index in [-0.39, 0.29) is 11.6 Å². The van der Waals surface area contributed by atoms with E-state index in [4.69, 9.17) is 5.11 Å². The van der Waals surface area contributed by atoms with Gasteiger partial charge >= 0.3 is 12.0 Å². The fourth-order valence-corrected chi connectivity index (χ4v) is 4.35. The molecule has 3 rings (SSSR count). The lowest BCUT2D eigenvalue weighted by Gasteiger charge is -2.21. The van der Waals surface area contributed by atoms with Crippen LogP contribution in [0.4, 0.5) is 9.80 Å². The number of nitrogens with one attached hydrogen (secondary N) is 2. The van der Waals surface area contributed by atoms with E-state index in [0.717, 1.165) is 11.8 Å². The minimum atomic E-state index is -1.02. The zero-order valence-corrected chi connectivity index (χ0v) is 11.9. The number of rotatable bonds is 4. The fourth-order valence-electron chi connectivity index (χ4n) is 3.57. The molecule has 2 aliphatic rings. The highest BCUT2D eigenvalue weighted by molar-refractivity contribution is 7.14. The van der Waals surface area contributed by atoms with E-state index in [1.165, 1.54) is 43.1 Å². The van der Waals surface area contributed by atoms with Gasteiger partial charge in [0.05, 0.1) is 5.56 Å². The van der Waals surface area contributed by atoms with E-state index in [9.17, 15) is 9.59 Å². The van der Waals surface area contributed by atoms with Crippen molar-refractivity contribution in [3.63, 3.8) is 0 Å². The summed E-state index contributed by atoms with van der Waals surface area (Å²) in [6.45, 7) is 0.695. The van der Waals surface area contributed by atoms with Gasteiger partial charge in [0.25, 0.3) is 0 Å². The summed E-state index contributed by atoms with van der Waals surface area (Å²) in [5, 5.41) is 16.5. The lowest BCUT2D eigenvalue weighted by atomic mass is 9.89. The molecule has 2 aliphatic carbocycles. The van der Waals surface area contributed by atoms with Gasteiger partial charge in [-0.1, -0.05) is 6.42 Å². The molecule has 2 saturated carbocycles. The van der Waals surface area contributed by atoms with Crippen molar-refractivity contribution in [2.75, 3.05) is 11.9 Å². The van der Waals surface area contributed by atoms with Crippen molar-refractivity contribution in [1.29, 1.82) is 0 Å². The van der Waals surface area contributed by atoms with E-state index in [0.29, 0.717) is 17.5 Å². The first kappa shape index (κ1) is 13.4. The van der Waals surface area contributed by atoms with Crippen molar-refractivity contribution in [2.45, 2.75) is 25.7 Å². The van der Waals surface area contributed by atoms with Crippen LogP contribution in [-0.4, -0.2) is 23.7 Å². The van der Waals surface area contributed by atoms with E-state index in [1.54, 1.807) is 5.38 Å². The highest BCUT2D eigenvalue weighted by Gasteiger charge is 2.39. The molecule has 2 bridgehead atoms. The molecular formula is C14H18N2O3S. The van der Waals surface area contributed by atoms with Gasteiger partial charge in [-0.2, -0.15) is 0 Å². The van der Waals surface area contributed by atoms with Crippen molar-refractivity contribution in [3.05, 3.63) is 17.0 Å². The number of fused-ring (bicyclic) bond motifs is 2. The summed E-state index contributed by atoms with van der Waals surface area (Å²) >= 11 is 1.22. The summed E-state index contributed by atoms with van der Waals surface area (Å²) in [6, 6.07) is 1.19. The number of carboxylic acid groups (broad SMARTS) is 1. The summed E-state index contributed by atoms with van der Waals surface area (Å²) in [5.74, 6) is 1.22. The molecule has 20 heavy (non-hydrogen) atoms. The van der Waals surface area contributed by atoms with Crippen LogP contribution in [0.15, 0.2) is 11.4 Å². The molecule has 5 nitrogen and oxygen atoms in total. The number of hydrogen-bond acceptors (Lipinski definition) is 3. The Bertz CT molecular complexity index is 528. The Hall–Kier alpha value is -1.56. The van der Waals surface area contributed by atoms with Gasteiger partial charge in [0.1, 0.15) is 5.00 Å². The van der Waals surface area contributed by atoms with Crippen molar-refractivity contribution in [2.24, 2.45) is 17.8 Å². The molecule has 0 aromatic carbocycles. The summed E-state index contributed by atoms with van der Waals surface area (Å²) < 4.78 is 0. The summed E-state index contributed by atoms with van der Waals surface area (Å²) in [4.78, 5) is 22.8. The van der Waals surface area contributed by atoms with E-state index < -0.39 is 5.97 Å². The summed E-state index contributed by atoms with van der Waals surface area (Å²) in [6.07, 6.45) is 5.20. The molecule has 0 spiro atoms. The predicted octanol–water partition coefficient (Wildman–Crippen LogP) is 3.00. The van der Waals surface area contributed by atoms with Gasteiger partial charge in [0.15, 0.2) is 0 Å². The standard InChI is InChI=1S/C14H18N2O3S/c17-13(18)11-3-4-20-12(11)16-14(19)15-7-10-6-8-1-2-9(10)5-8/h3-4,8-10H,1-2,5-7H2,(H,17,18)(H2,15,16,19). The fraction of sp³-hybridized carbons (Fsp3) is 0.571. The monoisotopic (exact) mass is 294 g/mol. The maximum absolute atomic E-state index is 11.8. The number of amides is 2. The zero-order chi connectivity index (χ0) is 14.1. The second-order valence-electron chi connectivity index (χ2n) is 5.74. The van der Waals surface area contributed by atoms with Gasteiger partial charge in [-0.25, -0.2) is 9.59 Å². The van der Waals surface area contributed by atoms with Crippen LogP contribution in [-0.2, 0) is 0 Å². The van der Waals surface area contributed by atoms with Crippen LogP contribution in [0.2, 0.25) is 0 Å². The van der Waals surface area contributed by atoms with Gasteiger partial charge in [-0.15, -0.1) is 11.3 Å². The van der Waals surface area contributed by atoms with E-state index in [2.05, 4.69) is 10.6 Å². The van der Waals surface area contributed by atoms with Crippen LogP contribution in [0.25, 0.3) is 0 Å². The zero-order valence-electron chi connectivity index (χ0n) is 11.1. The SMILES string of the molecule is O=C(NCC1CC2CCC1C2)Nc1sccc1C(=O)O. The Labute approximate surface area is 121 Å². The average molecular weight is 294 g/mol. The molecule has 6 heteroatoms. The van der Waals surface area contributed by atoms with Crippen LogP contribution in [0, 0.1) is 17.8 Å². The topological polar surface area (TPSA) is 78.4 Å². The molecule has 3 N–H and O–H groups in total. The van der Waals surface area contributed by atoms with Crippen molar-refractivity contribution < 1.29 is 14.7 Å². The van der Waals surface area contributed by atoms with Crippen LogP contribution in [0.3, 0.4) is 0 Å². The number of carbonyl (C=O) groups excluding carboxylic acids is 1. The first-order chi connectivity index (χ1) is 9.63. The van der Waals surface area contributed by atoms with Gasteiger partial charge in [0.2, 0.25) is 0 Å². The van der Waals surface area contributed by atoms with Crippen LogP contribution in [0.1, 0.15) is 36.0 Å². The Kier molecular flexibility index (Phi) is 3.65. The first-order valence-electron chi connectivity index (χ1n) is 6.99. The Morgan fingerprint density at radius 2 is 2.20 bits per heavy atom. The van der Waals surface area contributed by atoms with E-state index >= 15 is 0 Å². The normalized spacial score (nSPS) is 27.5. The molecule has 0 saturated heterocycles. The Morgan fingerprint density at radius 3 is 2.85 bits per heavy atom. The number of anilines is 1. The predicted molar refractivity (Wildman–Crippen MR) is 77.2 cm³/mol. The molecule has 0 radical (unpaired) electrons. The quantitative estimate of drug-likeness (QED) is 0.798. The van der Waals surface area contributed by atoms with Crippen LogP contribution < -0.4 is 10.6 Å². The van der Waals surface area contributed by atoms with Crippen molar-refractivity contribution in [3.8, 4) is 0 Å². The van der Waals surface area contributed by atoms with E-state index in [1.807, 2.05) is 0 Å². The Balaban J connectivity index is 1.50. The van der Waals surface area contributed by atoms with Crippen molar-refractivity contribution in [1.82, 2.24) is 5.32 Å². The van der Waals surface area contributed by atoms with Gasteiger partial charge < -0.3 is 10.4 Å². The highest BCUT2D eigenvalue weighted by Crippen LogP contribution is 2.47. The smallest absolute Gasteiger partial charge is 0.338 e. The van der Waals surface area contributed by atoms with Gasteiger partial charge in [0, 0.05) is 6.54 Å². The molecule has 1 heterocycles. The number of hydrogen-bond donors (Lipinski definition) is 3. The third-order valence-electron chi connectivity index (χ3n) is 4.53. The number of carbonyl (C=O) groups is 2.